The van der Waals surface area contributed by atoms with Crippen molar-refractivity contribution in [1.29, 1.82) is 0 Å². The summed E-state index contributed by atoms with van der Waals surface area (Å²) < 4.78 is 5.03. The van der Waals surface area contributed by atoms with Gasteiger partial charge in [0.15, 0.2) is 5.78 Å². The van der Waals surface area contributed by atoms with Gasteiger partial charge in [0.05, 0.1) is 22.2 Å². The fraction of sp³-hybridized carbons (Fsp3) is 0.545. The molecule has 3 N–H and O–H groups in total. The molecule has 1 atom stereocenters. The van der Waals surface area contributed by atoms with Gasteiger partial charge in [-0.1, -0.05) is 6.92 Å². The van der Waals surface area contributed by atoms with Crippen molar-refractivity contribution in [3.8, 4) is 0 Å². The number of carbonyl (C=O) groups is 1. The monoisotopic (exact) mass is 242 g/mol. The predicted octanol–water partition coefficient (Wildman–Crippen LogP) is 2.37. The van der Waals surface area contributed by atoms with E-state index in [2.05, 4.69) is 5.32 Å². The summed E-state index contributed by atoms with van der Waals surface area (Å²) >= 11 is 1.41. The average Bonchev–Trinajstić information content (AvgIpc) is 2.58. The fourth-order valence-electron chi connectivity index (χ4n) is 1.39. The number of anilines is 2. The minimum absolute atomic E-state index is 0.0925. The molecule has 1 unspecified atom stereocenters. The highest BCUT2D eigenvalue weighted by Crippen LogP contribution is 2.30. The number of nitrogen functional groups attached to an aromatic ring is 1. The summed E-state index contributed by atoms with van der Waals surface area (Å²) in [4.78, 5) is 12.2. The van der Waals surface area contributed by atoms with Crippen LogP contribution in [0.1, 0.15) is 29.9 Å². The number of ether oxygens (including phenoxy) is 1. The van der Waals surface area contributed by atoms with E-state index in [4.69, 9.17) is 10.5 Å². The second-order valence-electron chi connectivity index (χ2n) is 3.67. The first kappa shape index (κ1) is 13.0. The van der Waals surface area contributed by atoms with Gasteiger partial charge in [-0.15, -0.1) is 11.3 Å². The lowest BCUT2D eigenvalue weighted by molar-refractivity contribution is 0.0993. The van der Waals surface area contributed by atoms with E-state index in [0.29, 0.717) is 23.6 Å². The Morgan fingerprint density at radius 2 is 2.38 bits per heavy atom. The van der Waals surface area contributed by atoms with Crippen molar-refractivity contribution in [2.75, 3.05) is 24.8 Å². The van der Waals surface area contributed by atoms with Crippen molar-refractivity contribution in [3.63, 3.8) is 0 Å². The number of nitrogens with two attached hydrogens (primary N) is 1. The SMILES string of the molecule is CCC(=O)c1sc(NC(C)COC)cc1N. The molecule has 0 fully saturated rings. The third kappa shape index (κ3) is 3.21. The van der Waals surface area contributed by atoms with Crippen LogP contribution in [0.15, 0.2) is 6.07 Å². The van der Waals surface area contributed by atoms with Crippen LogP contribution >= 0.6 is 11.3 Å². The molecule has 0 radical (unpaired) electrons. The number of methoxy groups -OCH3 is 1. The molecule has 16 heavy (non-hydrogen) atoms. The van der Waals surface area contributed by atoms with Crippen molar-refractivity contribution in [2.24, 2.45) is 0 Å². The smallest absolute Gasteiger partial charge is 0.174 e. The molecule has 0 amide bonds. The molecule has 0 aromatic carbocycles. The zero-order chi connectivity index (χ0) is 12.1. The summed E-state index contributed by atoms with van der Waals surface area (Å²) in [6.45, 7) is 4.47. The van der Waals surface area contributed by atoms with E-state index in [9.17, 15) is 4.79 Å². The maximum atomic E-state index is 11.5. The van der Waals surface area contributed by atoms with Gasteiger partial charge in [-0.2, -0.15) is 0 Å². The lowest BCUT2D eigenvalue weighted by Crippen LogP contribution is -2.19. The molecule has 4 nitrogen and oxygen atoms in total. The van der Waals surface area contributed by atoms with E-state index >= 15 is 0 Å². The van der Waals surface area contributed by atoms with Crippen LogP contribution in [-0.2, 0) is 4.74 Å². The Balaban J connectivity index is 2.73. The molecule has 90 valence electrons. The van der Waals surface area contributed by atoms with Crippen molar-refractivity contribution < 1.29 is 9.53 Å². The van der Waals surface area contributed by atoms with Gasteiger partial charge >= 0.3 is 0 Å². The van der Waals surface area contributed by atoms with E-state index in [-0.39, 0.29) is 11.8 Å². The molecular weight excluding hydrogens is 224 g/mol. The Labute approximate surface area is 99.8 Å². The van der Waals surface area contributed by atoms with Crippen LogP contribution in [0.2, 0.25) is 0 Å². The van der Waals surface area contributed by atoms with Gasteiger partial charge in [0.2, 0.25) is 0 Å². The molecule has 1 aromatic rings. The highest BCUT2D eigenvalue weighted by atomic mass is 32.1. The minimum atomic E-state index is 0.0925. The highest BCUT2D eigenvalue weighted by Gasteiger charge is 2.13. The van der Waals surface area contributed by atoms with E-state index in [1.165, 1.54) is 11.3 Å². The average molecular weight is 242 g/mol. The van der Waals surface area contributed by atoms with Crippen molar-refractivity contribution in [2.45, 2.75) is 26.3 Å². The normalized spacial score (nSPS) is 12.4. The molecule has 0 aliphatic carbocycles. The lowest BCUT2D eigenvalue weighted by atomic mass is 10.2. The Hall–Kier alpha value is -1.07. The third-order valence-corrected chi connectivity index (χ3v) is 3.26. The number of ketones is 1. The topological polar surface area (TPSA) is 64.3 Å². The van der Waals surface area contributed by atoms with Crippen molar-refractivity contribution in [1.82, 2.24) is 0 Å². The van der Waals surface area contributed by atoms with Gasteiger partial charge in [-0.25, -0.2) is 0 Å². The third-order valence-electron chi connectivity index (χ3n) is 2.14. The van der Waals surface area contributed by atoms with Gasteiger partial charge < -0.3 is 15.8 Å². The number of hydrogen-bond acceptors (Lipinski definition) is 5. The summed E-state index contributed by atoms with van der Waals surface area (Å²) in [5.41, 5.74) is 6.35. The molecule has 0 aliphatic rings. The number of carbonyl (C=O) groups excluding carboxylic acids is 1. The second kappa shape index (κ2) is 5.86. The van der Waals surface area contributed by atoms with Crippen LogP contribution in [0.3, 0.4) is 0 Å². The summed E-state index contributed by atoms with van der Waals surface area (Å²) in [5, 5.41) is 4.16. The molecular formula is C11H18N2O2S. The van der Waals surface area contributed by atoms with Crippen LogP contribution in [0, 0.1) is 0 Å². The summed E-state index contributed by atoms with van der Waals surface area (Å²) in [7, 11) is 1.66. The van der Waals surface area contributed by atoms with Gasteiger partial charge in [0.25, 0.3) is 0 Å². The molecule has 1 rings (SSSR count). The van der Waals surface area contributed by atoms with E-state index in [0.717, 1.165) is 5.00 Å². The number of hydrogen-bond donors (Lipinski definition) is 2. The predicted molar refractivity (Wildman–Crippen MR) is 68.3 cm³/mol. The maximum absolute atomic E-state index is 11.5. The molecule has 0 saturated carbocycles. The van der Waals surface area contributed by atoms with Crippen molar-refractivity contribution >= 4 is 27.8 Å². The van der Waals surface area contributed by atoms with E-state index < -0.39 is 0 Å². The Morgan fingerprint density at radius 1 is 1.69 bits per heavy atom. The van der Waals surface area contributed by atoms with Crippen LogP contribution in [-0.4, -0.2) is 25.5 Å². The van der Waals surface area contributed by atoms with Crippen LogP contribution < -0.4 is 11.1 Å². The second-order valence-corrected chi connectivity index (χ2v) is 4.72. The number of thiophene rings is 1. The Kier molecular flexibility index (Phi) is 4.76. The first-order valence-corrected chi connectivity index (χ1v) is 6.08. The zero-order valence-electron chi connectivity index (χ0n) is 9.87. The van der Waals surface area contributed by atoms with Crippen molar-refractivity contribution in [3.05, 3.63) is 10.9 Å². The first-order chi connectivity index (χ1) is 7.58. The van der Waals surface area contributed by atoms with Gasteiger partial charge in [0, 0.05) is 19.6 Å². The van der Waals surface area contributed by atoms with Gasteiger partial charge in [-0.3, -0.25) is 4.79 Å². The van der Waals surface area contributed by atoms with E-state index in [1.54, 1.807) is 13.2 Å². The molecule has 5 heteroatoms. The zero-order valence-corrected chi connectivity index (χ0v) is 10.7. The molecule has 0 bridgehead atoms. The lowest BCUT2D eigenvalue weighted by Gasteiger charge is -2.11. The van der Waals surface area contributed by atoms with Gasteiger partial charge in [-0.05, 0) is 13.0 Å². The summed E-state index contributed by atoms with van der Waals surface area (Å²) in [5.74, 6) is 0.0925. The largest absolute Gasteiger partial charge is 0.397 e. The van der Waals surface area contributed by atoms with Gasteiger partial charge in [0.1, 0.15) is 0 Å². The van der Waals surface area contributed by atoms with E-state index in [1.807, 2.05) is 13.8 Å². The van der Waals surface area contributed by atoms with Crippen LogP contribution in [0.5, 0.6) is 0 Å². The maximum Gasteiger partial charge on any atom is 0.174 e. The molecule has 0 aliphatic heterocycles. The van der Waals surface area contributed by atoms with Crippen LogP contribution in [0.25, 0.3) is 0 Å². The highest BCUT2D eigenvalue weighted by molar-refractivity contribution is 7.18. The number of rotatable bonds is 6. The van der Waals surface area contributed by atoms with Crippen LogP contribution in [0.4, 0.5) is 10.7 Å². The molecule has 1 heterocycles. The first-order valence-electron chi connectivity index (χ1n) is 5.26. The summed E-state index contributed by atoms with van der Waals surface area (Å²) in [6, 6.07) is 2.01. The molecule has 0 saturated heterocycles. The quantitative estimate of drug-likeness (QED) is 0.752. The molecule has 1 aromatic heterocycles. The standard InChI is InChI=1S/C11H18N2O2S/c1-4-9(14)11-8(12)5-10(16-11)13-7(2)6-15-3/h5,7,13H,4,6,12H2,1-3H3. The minimum Gasteiger partial charge on any atom is -0.397 e. The molecule has 0 spiro atoms. The summed E-state index contributed by atoms with van der Waals surface area (Å²) in [6.07, 6.45) is 0.484. The Bertz CT molecular complexity index is 363. The number of nitrogens with one attached hydrogen (secondary N) is 1. The number of Topliss-reactive ketones (excluding diaryl/α,β-unsaturated/α-hetero) is 1. The Morgan fingerprint density at radius 3 is 2.94 bits per heavy atom. The fourth-order valence-corrected chi connectivity index (χ4v) is 2.49.